The van der Waals surface area contributed by atoms with Gasteiger partial charge in [0.25, 0.3) is 5.91 Å². The molecule has 0 saturated carbocycles. The zero-order valence-electron chi connectivity index (χ0n) is 20.6. The minimum absolute atomic E-state index is 0.0448. The topological polar surface area (TPSA) is 66.2 Å². The summed E-state index contributed by atoms with van der Waals surface area (Å²) >= 11 is 12.4. The predicted octanol–water partition coefficient (Wildman–Crippen LogP) is 6.97. The van der Waals surface area contributed by atoms with Crippen molar-refractivity contribution in [3.05, 3.63) is 52.0 Å². The highest BCUT2D eigenvalue weighted by Crippen LogP contribution is 2.36. The number of hydrogen-bond acceptors (Lipinski definition) is 3. The van der Waals surface area contributed by atoms with E-state index in [1.807, 2.05) is 50.2 Å². The van der Waals surface area contributed by atoms with E-state index in [0.717, 1.165) is 35.0 Å². The van der Waals surface area contributed by atoms with Crippen LogP contribution in [-0.4, -0.2) is 34.1 Å². The standard InChI is InChI=1S/C27H33Cl2N3O2/c1-15(2)34-24-11-16(25(33)30-18-13-26(3,4)32-27(5,6)14-18)7-8-19(24)23-10-17-9-20(28)21(29)12-22(17)31-23/h7-12,15,18,31-32H,13-14H2,1-6H3,(H,30,33). The van der Waals surface area contributed by atoms with Crippen LogP contribution < -0.4 is 15.4 Å². The molecule has 0 atom stereocenters. The molecule has 1 aliphatic heterocycles. The number of H-pyrrole nitrogens is 1. The first-order valence-corrected chi connectivity index (χ1v) is 12.5. The highest BCUT2D eigenvalue weighted by atomic mass is 35.5. The van der Waals surface area contributed by atoms with Gasteiger partial charge in [0.2, 0.25) is 0 Å². The molecule has 1 amide bonds. The second kappa shape index (κ2) is 9.10. The van der Waals surface area contributed by atoms with Crippen molar-refractivity contribution in [2.45, 2.75) is 77.6 Å². The molecule has 0 bridgehead atoms. The van der Waals surface area contributed by atoms with Crippen LogP contribution >= 0.6 is 23.2 Å². The van der Waals surface area contributed by atoms with E-state index in [0.29, 0.717) is 21.4 Å². The fourth-order valence-corrected chi connectivity index (χ4v) is 5.54. The van der Waals surface area contributed by atoms with Crippen molar-refractivity contribution in [2.24, 2.45) is 0 Å². The zero-order chi connectivity index (χ0) is 24.8. The maximum Gasteiger partial charge on any atom is 0.251 e. The molecule has 3 N–H and O–H groups in total. The third-order valence-electron chi connectivity index (χ3n) is 6.08. The number of rotatable bonds is 5. The van der Waals surface area contributed by atoms with Gasteiger partial charge in [0.05, 0.1) is 21.8 Å². The van der Waals surface area contributed by atoms with Gasteiger partial charge < -0.3 is 20.4 Å². The van der Waals surface area contributed by atoms with Gasteiger partial charge in [0, 0.05) is 39.1 Å². The van der Waals surface area contributed by atoms with E-state index in [9.17, 15) is 4.79 Å². The summed E-state index contributed by atoms with van der Waals surface area (Å²) in [5.74, 6) is 0.561. The van der Waals surface area contributed by atoms with E-state index < -0.39 is 0 Å². The van der Waals surface area contributed by atoms with Gasteiger partial charge in [0.15, 0.2) is 0 Å². The average molecular weight is 502 g/mol. The number of benzene rings is 2. The second-order valence-corrected chi connectivity index (χ2v) is 11.7. The number of ether oxygens (including phenoxy) is 1. The van der Waals surface area contributed by atoms with Crippen molar-refractivity contribution < 1.29 is 9.53 Å². The Hall–Kier alpha value is -2.21. The number of carbonyl (C=O) groups is 1. The van der Waals surface area contributed by atoms with Gasteiger partial charge in [-0.15, -0.1) is 0 Å². The monoisotopic (exact) mass is 501 g/mol. The molecule has 0 unspecified atom stereocenters. The molecule has 1 fully saturated rings. The summed E-state index contributed by atoms with van der Waals surface area (Å²) in [5.41, 5.74) is 3.12. The number of fused-ring (bicyclic) bond motifs is 1. The minimum Gasteiger partial charge on any atom is -0.490 e. The van der Waals surface area contributed by atoms with Crippen LogP contribution in [0, 0.1) is 0 Å². The van der Waals surface area contributed by atoms with Gasteiger partial charge in [-0.2, -0.15) is 0 Å². The van der Waals surface area contributed by atoms with E-state index in [1.165, 1.54) is 0 Å². The Bertz CT molecular complexity index is 1180. The Balaban J connectivity index is 1.64. The van der Waals surface area contributed by atoms with Crippen LogP contribution in [0.1, 0.15) is 64.7 Å². The van der Waals surface area contributed by atoms with Gasteiger partial charge >= 0.3 is 0 Å². The molecule has 5 nitrogen and oxygen atoms in total. The van der Waals surface area contributed by atoms with Gasteiger partial charge in [-0.3, -0.25) is 4.79 Å². The summed E-state index contributed by atoms with van der Waals surface area (Å²) < 4.78 is 6.13. The number of aromatic nitrogens is 1. The maximum absolute atomic E-state index is 13.2. The molecule has 0 spiro atoms. The maximum atomic E-state index is 13.2. The molecule has 4 rings (SSSR count). The van der Waals surface area contributed by atoms with E-state index in [1.54, 1.807) is 0 Å². The van der Waals surface area contributed by atoms with Crippen molar-refractivity contribution in [3.8, 4) is 17.0 Å². The van der Waals surface area contributed by atoms with Crippen LogP contribution in [0.3, 0.4) is 0 Å². The molecule has 0 aliphatic carbocycles. The molecule has 3 aromatic rings. The fourth-order valence-electron chi connectivity index (χ4n) is 5.20. The van der Waals surface area contributed by atoms with Crippen molar-refractivity contribution in [1.29, 1.82) is 0 Å². The molecular weight excluding hydrogens is 469 g/mol. The Labute approximate surface area is 211 Å². The molecule has 34 heavy (non-hydrogen) atoms. The molecule has 1 aliphatic rings. The summed E-state index contributed by atoms with van der Waals surface area (Å²) in [6.07, 6.45) is 1.70. The summed E-state index contributed by atoms with van der Waals surface area (Å²) in [5, 5.41) is 8.87. The Morgan fingerprint density at radius 2 is 1.68 bits per heavy atom. The molecule has 1 saturated heterocycles. The highest BCUT2D eigenvalue weighted by Gasteiger charge is 2.38. The van der Waals surface area contributed by atoms with E-state index in [2.05, 4.69) is 43.3 Å². The quantitative estimate of drug-likeness (QED) is 0.353. The normalized spacial score (nSPS) is 17.8. The SMILES string of the molecule is CC(C)Oc1cc(C(=O)NC2CC(C)(C)NC(C)(C)C2)ccc1-c1cc2cc(Cl)c(Cl)cc2[nH]1. The highest BCUT2D eigenvalue weighted by molar-refractivity contribution is 6.42. The first-order chi connectivity index (χ1) is 15.8. The summed E-state index contributed by atoms with van der Waals surface area (Å²) in [4.78, 5) is 16.6. The largest absolute Gasteiger partial charge is 0.490 e. The third-order valence-corrected chi connectivity index (χ3v) is 6.81. The lowest BCUT2D eigenvalue weighted by Crippen LogP contribution is -2.62. The lowest BCUT2D eigenvalue weighted by atomic mass is 9.79. The number of hydrogen-bond donors (Lipinski definition) is 3. The van der Waals surface area contributed by atoms with Crippen LogP contribution in [0.4, 0.5) is 0 Å². The Kier molecular flexibility index (Phi) is 6.67. The molecule has 7 heteroatoms. The Morgan fingerprint density at radius 1 is 1.03 bits per heavy atom. The molecule has 2 aromatic carbocycles. The van der Waals surface area contributed by atoms with Gasteiger partial charge in [-0.25, -0.2) is 0 Å². The summed E-state index contributed by atoms with van der Waals surface area (Å²) in [7, 11) is 0. The average Bonchev–Trinajstić information content (AvgIpc) is 3.07. The molecule has 0 radical (unpaired) electrons. The van der Waals surface area contributed by atoms with Crippen LogP contribution in [-0.2, 0) is 0 Å². The van der Waals surface area contributed by atoms with Crippen molar-refractivity contribution in [1.82, 2.24) is 15.6 Å². The van der Waals surface area contributed by atoms with Crippen LogP contribution in [0.2, 0.25) is 10.0 Å². The third kappa shape index (κ3) is 5.54. The summed E-state index contributed by atoms with van der Waals surface area (Å²) in [6.45, 7) is 12.7. The fraction of sp³-hybridized carbons (Fsp3) is 0.444. The van der Waals surface area contributed by atoms with Crippen molar-refractivity contribution in [2.75, 3.05) is 0 Å². The van der Waals surface area contributed by atoms with Crippen molar-refractivity contribution >= 4 is 40.0 Å². The van der Waals surface area contributed by atoms with Crippen molar-refractivity contribution in [3.63, 3.8) is 0 Å². The van der Waals surface area contributed by atoms with E-state index in [4.69, 9.17) is 27.9 Å². The lowest BCUT2D eigenvalue weighted by Gasteiger charge is -2.46. The summed E-state index contributed by atoms with van der Waals surface area (Å²) in [6, 6.07) is 11.4. The number of nitrogens with one attached hydrogen (secondary N) is 3. The number of aromatic amines is 1. The number of carbonyl (C=O) groups excluding carboxylic acids is 1. The predicted molar refractivity (Wildman–Crippen MR) is 141 cm³/mol. The van der Waals surface area contributed by atoms with Gasteiger partial charge in [-0.1, -0.05) is 23.2 Å². The zero-order valence-corrected chi connectivity index (χ0v) is 22.1. The van der Waals surface area contributed by atoms with E-state index in [-0.39, 0.29) is 29.1 Å². The second-order valence-electron chi connectivity index (χ2n) is 10.9. The van der Waals surface area contributed by atoms with Crippen LogP contribution in [0.5, 0.6) is 5.75 Å². The van der Waals surface area contributed by atoms with Crippen LogP contribution in [0.25, 0.3) is 22.2 Å². The van der Waals surface area contributed by atoms with Gasteiger partial charge in [-0.05, 0) is 90.8 Å². The van der Waals surface area contributed by atoms with Crippen LogP contribution in [0.15, 0.2) is 36.4 Å². The number of halogens is 2. The minimum atomic E-state index is -0.0890. The molecule has 1 aromatic heterocycles. The first kappa shape index (κ1) is 24.9. The smallest absolute Gasteiger partial charge is 0.251 e. The Morgan fingerprint density at radius 3 is 2.32 bits per heavy atom. The number of amides is 1. The van der Waals surface area contributed by atoms with E-state index >= 15 is 0 Å². The lowest BCUT2D eigenvalue weighted by molar-refractivity contribution is 0.0872. The van der Waals surface area contributed by atoms with Gasteiger partial charge in [0.1, 0.15) is 5.75 Å². The number of piperidine rings is 1. The molecular formula is C27H33Cl2N3O2. The molecule has 2 heterocycles. The first-order valence-electron chi connectivity index (χ1n) is 11.7. The molecule has 182 valence electrons.